The third-order valence-corrected chi connectivity index (χ3v) is 8.40. The van der Waals surface area contributed by atoms with Gasteiger partial charge in [0.25, 0.3) is 0 Å². The number of hydrogen-bond donors (Lipinski definition) is 0. The van der Waals surface area contributed by atoms with Gasteiger partial charge in [-0.25, -0.2) is 0 Å². The van der Waals surface area contributed by atoms with Crippen LogP contribution in [0.4, 0.5) is 0 Å². The van der Waals surface area contributed by atoms with E-state index < -0.39 is 11.9 Å². The van der Waals surface area contributed by atoms with Gasteiger partial charge < -0.3 is 32.4 Å². The van der Waals surface area contributed by atoms with E-state index in [-0.39, 0.29) is 37.7 Å². The van der Waals surface area contributed by atoms with Crippen LogP contribution in [0.5, 0.6) is 0 Å². The molecule has 0 heterocycles. The Hall–Kier alpha value is 0.873. The Labute approximate surface area is 283 Å². The van der Waals surface area contributed by atoms with Crippen molar-refractivity contribution in [3.8, 4) is 0 Å². The van der Waals surface area contributed by atoms with Crippen molar-refractivity contribution in [2.45, 2.75) is 150 Å². The number of carboxylic acids is 2. The van der Waals surface area contributed by atoms with Crippen molar-refractivity contribution in [1.82, 2.24) is 0 Å². The Morgan fingerprint density at radius 2 is 0.900 bits per heavy atom. The second-order valence-corrected chi connectivity index (χ2v) is 13.8. The Morgan fingerprint density at radius 1 is 0.575 bits per heavy atom. The van der Waals surface area contributed by atoms with Crippen LogP contribution < -0.4 is 10.2 Å². The molecule has 8 heteroatoms. The molecule has 0 aliphatic heterocycles. The van der Waals surface area contributed by atoms with Crippen LogP contribution in [0.25, 0.3) is 0 Å². The van der Waals surface area contributed by atoms with Crippen LogP contribution in [0.1, 0.15) is 150 Å². The first kappa shape index (κ1) is 47.8. The maximum atomic E-state index is 10.0. The van der Waals surface area contributed by atoms with Gasteiger partial charge in [-0.2, -0.15) is 29.3 Å². The van der Waals surface area contributed by atoms with Gasteiger partial charge in [0.2, 0.25) is 0 Å². The molecule has 0 fully saturated rings. The first-order valence-electron chi connectivity index (χ1n) is 15.8. The van der Waals surface area contributed by atoms with Crippen LogP contribution in [0.15, 0.2) is 0 Å². The zero-order valence-electron chi connectivity index (χ0n) is 26.7. The molecule has 0 spiro atoms. The van der Waals surface area contributed by atoms with Crippen LogP contribution in [-0.2, 0) is 22.2 Å². The minimum atomic E-state index is -0.952. The summed E-state index contributed by atoms with van der Waals surface area (Å²) < 4.78 is 0. The van der Waals surface area contributed by atoms with Crippen molar-refractivity contribution in [3.05, 3.63) is 0 Å². The number of rotatable bonds is 26. The van der Waals surface area contributed by atoms with E-state index in [9.17, 15) is 19.8 Å². The predicted molar refractivity (Wildman–Crippen MR) is 181 cm³/mol. The van der Waals surface area contributed by atoms with Gasteiger partial charge in [0, 0.05) is 11.5 Å². The van der Waals surface area contributed by atoms with Gasteiger partial charge in [-0.05, 0) is 36.2 Å². The van der Waals surface area contributed by atoms with Gasteiger partial charge in [0.05, 0.1) is 11.9 Å². The maximum absolute atomic E-state index is 10.0. The number of carboxylic acid groups (broad SMARTS) is 2. The van der Waals surface area contributed by atoms with E-state index in [1.807, 2.05) is 0 Å². The van der Waals surface area contributed by atoms with Gasteiger partial charge in [0.1, 0.15) is 0 Å². The summed E-state index contributed by atoms with van der Waals surface area (Å²) in [6.07, 6.45) is 23.8. The third-order valence-electron chi connectivity index (χ3n) is 6.08. The molecule has 0 saturated carbocycles. The Balaban J connectivity index is -0.000000240. The quantitative estimate of drug-likeness (QED) is 0.0511. The van der Waals surface area contributed by atoms with E-state index in [1.165, 1.54) is 126 Å². The fourth-order valence-corrected chi connectivity index (χ4v) is 5.41. The Kier molecular flexibility index (Phi) is 50.2. The molecule has 0 saturated heterocycles. The van der Waals surface area contributed by atoms with E-state index in [0.717, 1.165) is 41.9 Å². The monoisotopic (exact) mass is 816 g/mol. The normalized spacial score (nSPS) is 10.4. The van der Waals surface area contributed by atoms with Crippen molar-refractivity contribution >= 4 is 74.3 Å². The molecule has 0 N–H and O–H groups in total. The first-order chi connectivity index (χ1) is 18.7. The number of unbranched alkanes of at least 4 members (excludes halogenated alkanes) is 13. The molecule has 2 radical (unpaired) electrons. The van der Waals surface area contributed by atoms with Crippen LogP contribution in [0, 0.1) is 11.8 Å². The van der Waals surface area contributed by atoms with Gasteiger partial charge in [-0.15, -0.1) is 0 Å². The summed E-state index contributed by atoms with van der Waals surface area (Å²) in [6.45, 7) is 11.2. The van der Waals surface area contributed by atoms with E-state index >= 15 is 0 Å². The zero-order chi connectivity index (χ0) is 30.0. The number of carbonyl (C=O) groups excluding carboxylic acids is 2. The molecule has 0 atom stereocenters. The van der Waals surface area contributed by atoms with Gasteiger partial charge >= 0.3 is 26.2 Å². The smallest absolute Gasteiger partial charge is 0.793 e. The molecule has 0 aromatic heterocycles. The van der Waals surface area contributed by atoms with Crippen molar-refractivity contribution in [2.75, 3.05) is 28.8 Å². The number of hydrogen-bond acceptors (Lipinski definition) is 7. The molecule has 0 aliphatic rings. The fourth-order valence-electron chi connectivity index (χ4n) is 3.77. The molecule has 0 aromatic rings. The molecular weight excluding hydrogens is 754 g/mol. The van der Waals surface area contributed by atoms with E-state index in [0.29, 0.717) is 0 Å². The van der Waals surface area contributed by atoms with E-state index in [2.05, 4.69) is 34.6 Å². The number of carbonyl (C=O) groups is 2. The topological polar surface area (TPSA) is 80.3 Å². The van der Waals surface area contributed by atoms with E-state index in [1.54, 1.807) is 0 Å². The van der Waals surface area contributed by atoms with Crippen LogP contribution in [0.3, 0.4) is 0 Å². The Morgan fingerprint density at radius 3 is 1.20 bits per heavy atom. The minimum absolute atomic E-state index is 0. The van der Waals surface area contributed by atoms with Crippen LogP contribution in [0.2, 0.25) is 0 Å². The minimum Gasteiger partial charge on any atom is -0.793 e. The van der Waals surface area contributed by atoms with Crippen LogP contribution in [-0.4, -0.2) is 66.9 Å². The third kappa shape index (κ3) is 58.5. The molecular formula is C32H63BiO4S3. The summed E-state index contributed by atoms with van der Waals surface area (Å²) in [6, 6.07) is 0. The van der Waals surface area contributed by atoms with Crippen molar-refractivity contribution in [3.63, 3.8) is 0 Å². The number of aliphatic carboxylic acids is 2. The number of thioether (sulfide) groups is 2. The SMILES string of the molecule is CC(C)CCCCCSCC(=O)[O-].CC(C)CCCCCSCC(=O)[O-].CCCCCCCCCCCC[S-].[Bi+3]. The molecule has 0 bridgehead atoms. The van der Waals surface area contributed by atoms with Gasteiger partial charge in [-0.1, -0.05) is 137 Å². The average Bonchev–Trinajstić information content (AvgIpc) is 2.87. The zero-order valence-corrected chi connectivity index (χ0v) is 32.6. The van der Waals surface area contributed by atoms with Crippen molar-refractivity contribution < 1.29 is 19.8 Å². The molecule has 0 amide bonds. The summed E-state index contributed by atoms with van der Waals surface area (Å²) in [5, 5.41) is 20.1. The summed E-state index contributed by atoms with van der Waals surface area (Å²) in [4.78, 5) is 20.1. The summed E-state index contributed by atoms with van der Waals surface area (Å²) >= 11 is 7.82. The Bertz CT molecular complexity index is 453. The molecule has 0 rings (SSSR count). The largest absolute Gasteiger partial charge is 3.00 e. The maximum Gasteiger partial charge on any atom is 3.00 e. The second-order valence-electron chi connectivity index (χ2n) is 11.2. The summed E-state index contributed by atoms with van der Waals surface area (Å²) in [5.74, 6) is 2.81. The molecule has 0 unspecified atom stereocenters. The van der Waals surface area contributed by atoms with Crippen LogP contribution >= 0.6 is 23.5 Å². The first-order valence-corrected chi connectivity index (χ1v) is 18.7. The van der Waals surface area contributed by atoms with Gasteiger partial charge in [0.15, 0.2) is 0 Å². The summed E-state index contributed by atoms with van der Waals surface area (Å²) in [7, 11) is 0. The van der Waals surface area contributed by atoms with Crippen molar-refractivity contribution in [1.29, 1.82) is 0 Å². The van der Waals surface area contributed by atoms with Gasteiger partial charge in [-0.3, -0.25) is 0 Å². The summed E-state index contributed by atoms with van der Waals surface area (Å²) in [5.41, 5.74) is 0. The molecule has 4 nitrogen and oxygen atoms in total. The predicted octanol–water partition coefficient (Wildman–Crippen LogP) is 7.45. The van der Waals surface area contributed by atoms with Crippen molar-refractivity contribution in [2.24, 2.45) is 11.8 Å². The molecule has 40 heavy (non-hydrogen) atoms. The molecule has 238 valence electrons. The second kappa shape index (κ2) is 42.0. The molecule has 0 aromatic carbocycles. The average molecular weight is 817 g/mol. The fraction of sp³-hybridized carbons (Fsp3) is 0.938. The standard InChI is InChI=1S/C12H26S.2C10H20O2S.Bi/c1-2-3-4-5-6-7-8-9-10-11-12-13;2*1-9(2)6-4-3-5-7-13-8-10(11)12;/h13H,2-12H2,1H3;2*9H,3-8H2,1-2H3,(H,11,12);/q;;;+3/p-3. The van der Waals surface area contributed by atoms with E-state index in [4.69, 9.17) is 12.6 Å². The molecule has 0 aliphatic carbocycles.